The van der Waals surface area contributed by atoms with Gasteiger partial charge in [-0.2, -0.15) is 0 Å². The molecular weight excluding hydrogens is 440 g/mol. The smallest absolute Gasteiger partial charge is 0.265 e. The number of ketones is 1. The number of nitrogens with one attached hydrogen (secondary N) is 1. The van der Waals surface area contributed by atoms with E-state index in [9.17, 15) is 13.2 Å². The molecule has 11 heteroatoms. The van der Waals surface area contributed by atoms with E-state index in [1.807, 2.05) is 4.72 Å². The van der Waals surface area contributed by atoms with Crippen molar-refractivity contribution in [2.24, 2.45) is 0 Å². The number of ether oxygens (including phenoxy) is 2. The number of hydrogen-bond acceptors (Lipinski definition) is 8. The summed E-state index contributed by atoms with van der Waals surface area (Å²) in [6.45, 7) is -3.88. The predicted octanol–water partition coefficient (Wildman–Crippen LogP) is 3.96. The number of hydrogen-bond donors (Lipinski definition) is 1. The van der Waals surface area contributed by atoms with Gasteiger partial charge in [-0.25, -0.2) is 13.1 Å². The van der Waals surface area contributed by atoms with Crippen LogP contribution in [0.25, 0.3) is 0 Å². The van der Waals surface area contributed by atoms with Gasteiger partial charge in [0.2, 0.25) is 6.75 Å². The molecule has 0 amide bonds. The number of aromatic nitrogens is 1. The zero-order chi connectivity index (χ0) is 26.8. The van der Waals surface area contributed by atoms with Crippen LogP contribution in [0.1, 0.15) is 36.1 Å². The third-order valence-corrected chi connectivity index (χ3v) is 6.69. The lowest BCUT2D eigenvalue weighted by atomic mass is 10.0. The molecule has 152 valence electrons. The molecule has 29 heavy (non-hydrogen) atoms. The molecule has 0 atom stereocenters. The summed E-state index contributed by atoms with van der Waals surface area (Å²) in [5.74, 6) is -1.94. The molecule has 1 aromatic carbocycles. The maximum Gasteiger partial charge on any atom is 0.265 e. The lowest BCUT2D eigenvalue weighted by molar-refractivity contribution is 0.0994. The zero-order valence-electron chi connectivity index (χ0n) is 21.5. The predicted molar refractivity (Wildman–Crippen MR) is 107 cm³/mol. The number of carbonyl (C=O) groups excluding carboxylic acids is 1. The van der Waals surface area contributed by atoms with Gasteiger partial charge in [-0.15, -0.1) is 11.3 Å². The van der Waals surface area contributed by atoms with Crippen LogP contribution in [0.15, 0.2) is 32.9 Å². The Balaban J connectivity index is 1.65. The number of benzene rings is 1. The van der Waals surface area contributed by atoms with Gasteiger partial charge in [-0.3, -0.25) is 4.79 Å². The van der Waals surface area contributed by atoms with Crippen LogP contribution in [0.4, 0.5) is 5.88 Å². The number of thiophene rings is 1. The van der Waals surface area contributed by atoms with E-state index in [1.165, 1.54) is 12.3 Å². The fourth-order valence-corrected chi connectivity index (χ4v) is 5.05. The quantitative estimate of drug-likeness (QED) is 0.553. The molecule has 1 N–H and O–H groups in total. The minimum absolute atomic E-state index is 0.0374. The molecule has 0 saturated heterocycles. The Bertz CT molecular complexity index is 1500. The topological polar surface area (TPSA) is 108 Å². The van der Waals surface area contributed by atoms with Gasteiger partial charge in [0.15, 0.2) is 17.3 Å². The Morgan fingerprint density at radius 3 is 2.93 bits per heavy atom. The second-order valence-corrected chi connectivity index (χ2v) is 8.74. The lowest BCUT2D eigenvalue weighted by Gasteiger charge is -2.09. The number of rotatable bonds is 6. The summed E-state index contributed by atoms with van der Waals surface area (Å²) in [5.41, 5.74) is -0.436. The highest BCUT2D eigenvalue weighted by Crippen LogP contribution is 2.36. The minimum atomic E-state index is -4.49. The number of anilines is 1. The zero-order valence-corrected chi connectivity index (χ0v) is 16.8. The fraction of sp³-hybridized carbons (Fsp3) is 0.222. The second kappa shape index (κ2) is 7.36. The van der Waals surface area contributed by atoms with Crippen molar-refractivity contribution < 1.29 is 36.8 Å². The SMILES string of the molecule is [2H]c1c(C)c(CC(=O)c2sccc2S(=O)(=O)Nc2onc(C([2H])([2H])[2H])c2Cl)c([2H])c2c1OC([2H])([2H])O2. The fourth-order valence-electron chi connectivity index (χ4n) is 2.49. The molecule has 0 radical (unpaired) electrons. The number of fused-ring (bicyclic) bond motifs is 1. The Hall–Kier alpha value is -2.56. The Morgan fingerprint density at radius 2 is 2.21 bits per heavy atom. The molecule has 3 aromatic rings. The molecule has 0 unspecified atom stereocenters. The van der Waals surface area contributed by atoms with E-state index in [0.717, 1.165) is 17.4 Å². The highest BCUT2D eigenvalue weighted by atomic mass is 35.5. The Labute approximate surface area is 185 Å². The summed E-state index contributed by atoms with van der Waals surface area (Å²) in [6.07, 6.45) is -0.495. The molecule has 0 saturated carbocycles. The summed E-state index contributed by atoms with van der Waals surface area (Å²) < 4.78 is 96.3. The summed E-state index contributed by atoms with van der Waals surface area (Å²) in [5, 5.41) is 4.07. The second-order valence-electron chi connectivity index (χ2n) is 5.79. The van der Waals surface area contributed by atoms with Gasteiger partial charge in [0.25, 0.3) is 15.9 Å². The standard InChI is InChI=1S/C18H15ClN2O6S2/c1-9-5-13-14(26-8-25-13)7-11(9)6-12(22)17-15(3-4-28-17)29(23,24)21-18-16(19)10(2)20-27-18/h3-5,7,21H,6,8H2,1-2H3/i2D3,5D,7D,8D2. The third kappa shape index (κ3) is 3.70. The summed E-state index contributed by atoms with van der Waals surface area (Å²) >= 11 is 6.71. The van der Waals surface area contributed by atoms with Crippen molar-refractivity contribution in [1.29, 1.82) is 0 Å². The van der Waals surface area contributed by atoms with Gasteiger partial charge in [-0.1, -0.05) is 16.8 Å². The number of halogens is 1. The van der Waals surface area contributed by atoms with E-state index >= 15 is 0 Å². The van der Waals surface area contributed by atoms with Crippen molar-refractivity contribution in [2.75, 3.05) is 11.5 Å². The van der Waals surface area contributed by atoms with Gasteiger partial charge < -0.3 is 14.0 Å². The molecular formula is C18H15ClN2O6S2. The first-order chi connectivity index (χ1) is 16.5. The summed E-state index contributed by atoms with van der Waals surface area (Å²) in [4.78, 5) is 12.5. The van der Waals surface area contributed by atoms with E-state index < -0.39 is 57.3 Å². The molecule has 0 fully saturated rings. The van der Waals surface area contributed by atoms with E-state index in [0.29, 0.717) is 0 Å². The van der Waals surface area contributed by atoms with Crippen LogP contribution >= 0.6 is 22.9 Å². The van der Waals surface area contributed by atoms with Gasteiger partial charge in [0.05, 0.1) is 7.62 Å². The monoisotopic (exact) mass is 461 g/mol. The van der Waals surface area contributed by atoms with Crippen LogP contribution in [-0.4, -0.2) is 26.1 Å². The van der Waals surface area contributed by atoms with Crippen LogP contribution in [-0.2, 0) is 16.4 Å². The van der Waals surface area contributed by atoms with E-state index in [2.05, 4.69) is 5.16 Å². The molecule has 0 bridgehead atoms. The van der Waals surface area contributed by atoms with Crippen LogP contribution in [0.3, 0.4) is 0 Å². The first kappa shape index (κ1) is 12.9. The maximum absolute atomic E-state index is 13.1. The highest BCUT2D eigenvalue weighted by molar-refractivity contribution is 7.93. The third-order valence-electron chi connectivity index (χ3n) is 3.88. The van der Waals surface area contributed by atoms with Gasteiger partial charge in [0, 0.05) is 10.5 Å². The van der Waals surface area contributed by atoms with Crippen LogP contribution in [0, 0.1) is 13.8 Å². The average molecular weight is 462 g/mol. The van der Waals surface area contributed by atoms with Crippen molar-refractivity contribution in [1.82, 2.24) is 5.16 Å². The van der Waals surface area contributed by atoms with E-state index in [4.69, 9.17) is 35.2 Å². The van der Waals surface area contributed by atoms with Crippen LogP contribution in [0.5, 0.6) is 11.5 Å². The van der Waals surface area contributed by atoms with Crippen molar-refractivity contribution in [3.63, 3.8) is 0 Å². The number of Topliss-reactive ketones (excluding diaryl/α,β-unsaturated/α-hetero) is 1. The van der Waals surface area contributed by atoms with E-state index in [-0.39, 0.29) is 39.6 Å². The number of aryl methyl sites for hydroxylation is 1. The number of carbonyl (C=O) groups is 1. The first-order valence-corrected chi connectivity index (χ1v) is 10.6. The molecule has 3 heterocycles. The first-order valence-electron chi connectivity index (χ1n) is 11.3. The van der Waals surface area contributed by atoms with Gasteiger partial charge in [-0.05, 0) is 48.4 Å². The van der Waals surface area contributed by atoms with Crippen molar-refractivity contribution in [3.05, 3.63) is 50.3 Å². The minimum Gasteiger partial charge on any atom is -0.454 e. The molecule has 1 aliphatic rings. The van der Waals surface area contributed by atoms with Gasteiger partial charge >= 0.3 is 0 Å². The van der Waals surface area contributed by atoms with Gasteiger partial charge in [0.1, 0.15) is 18.4 Å². The van der Waals surface area contributed by atoms with E-state index in [1.54, 1.807) is 0 Å². The molecule has 4 rings (SSSR count). The maximum atomic E-state index is 13.1. The normalized spacial score (nSPS) is 18.6. The molecule has 0 spiro atoms. The number of nitrogens with zero attached hydrogens (tertiary/aromatic N) is 1. The summed E-state index contributed by atoms with van der Waals surface area (Å²) in [7, 11) is -4.49. The Kier molecular flexibility index (Phi) is 3.27. The van der Waals surface area contributed by atoms with Crippen molar-refractivity contribution in [2.45, 2.75) is 25.1 Å². The highest BCUT2D eigenvalue weighted by Gasteiger charge is 2.27. The van der Waals surface area contributed by atoms with Crippen LogP contribution < -0.4 is 14.2 Å². The van der Waals surface area contributed by atoms with Crippen molar-refractivity contribution >= 4 is 44.6 Å². The van der Waals surface area contributed by atoms with Crippen LogP contribution in [0.2, 0.25) is 5.02 Å². The number of sulfonamides is 1. The average Bonchev–Trinajstić information content (AvgIpc) is 3.47. The molecule has 0 aliphatic carbocycles. The molecule has 1 aliphatic heterocycles. The Morgan fingerprint density at radius 1 is 1.45 bits per heavy atom. The molecule has 2 aromatic heterocycles. The molecule has 8 nitrogen and oxygen atoms in total. The largest absolute Gasteiger partial charge is 0.454 e. The van der Waals surface area contributed by atoms with Crippen molar-refractivity contribution in [3.8, 4) is 11.5 Å². The summed E-state index contributed by atoms with van der Waals surface area (Å²) in [6, 6.07) is 0.516. The lowest BCUT2D eigenvalue weighted by Crippen LogP contribution is -2.16.